The minimum atomic E-state index is -0.332. The lowest BCUT2D eigenvalue weighted by atomic mass is 10.2. The van der Waals surface area contributed by atoms with Crippen LogP contribution in [0.15, 0.2) is 77.1 Å². The van der Waals surface area contributed by atoms with E-state index in [1.165, 1.54) is 24.3 Å². The highest BCUT2D eigenvalue weighted by Gasteiger charge is 2.12. The van der Waals surface area contributed by atoms with Gasteiger partial charge in [-0.25, -0.2) is 14.4 Å². The Balaban J connectivity index is 1.38. The van der Waals surface area contributed by atoms with E-state index in [1.54, 1.807) is 35.4 Å². The highest BCUT2D eigenvalue weighted by molar-refractivity contribution is 7.98. The minimum Gasteiger partial charge on any atom is -0.439 e. The molecule has 4 aromatic rings. The first-order chi connectivity index (χ1) is 15.6. The van der Waals surface area contributed by atoms with E-state index in [0.717, 1.165) is 21.2 Å². The fourth-order valence-corrected chi connectivity index (χ4v) is 4.58. The van der Waals surface area contributed by atoms with Gasteiger partial charge in [-0.3, -0.25) is 4.79 Å². The van der Waals surface area contributed by atoms with Gasteiger partial charge in [0.25, 0.3) is 5.91 Å². The van der Waals surface area contributed by atoms with Crippen LogP contribution in [0.4, 0.5) is 4.39 Å². The van der Waals surface area contributed by atoms with Crippen molar-refractivity contribution >= 4 is 29.0 Å². The van der Waals surface area contributed by atoms with E-state index in [2.05, 4.69) is 15.3 Å². The third kappa shape index (κ3) is 5.93. The zero-order valence-corrected chi connectivity index (χ0v) is 18.9. The number of amides is 1. The van der Waals surface area contributed by atoms with Crippen molar-refractivity contribution in [3.8, 4) is 11.6 Å². The van der Waals surface area contributed by atoms with Gasteiger partial charge in [-0.05, 0) is 55.0 Å². The number of benzene rings is 2. The maximum absolute atomic E-state index is 13.1. The Labute approximate surface area is 193 Å². The van der Waals surface area contributed by atoms with Gasteiger partial charge in [-0.2, -0.15) is 0 Å². The average Bonchev–Trinajstić information content (AvgIpc) is 3.23. The predicted octanol–water partition coefficient (Wildman–Crippen LogP) is 6.00. The first-order valence-corrected chi connectivity index (χ1v) is 11.7. The normalized spacial score (nSPS) is 10.7. The zero-order valence-electron chi connectivity index (χ0n) is 17.2. The van der Waals surface area contributed by atoms with Crippen LogP contribution in [-0.2, 0) is 12.3 Å². The number of thiazole rings is 1. The second kappa shape index (κ2) is 10.4. The van der Waals surface area contributed by atoms with E-state index >= 15 is 0 Å². The summed E-state index contributed by atoms with van der Waals surface area (Å²) in [6.45, 7) is 2.31. The molecular formula is C24H20FN3O2S2. The number of pyridine rings is 1. The van der Waals surface area contributed by atoms with Crippen LogP contribution in [0.25, 0.3) is 0 Å². The summed E-state index contributed by atoms with van der Waals surface area (Å²) in [5.41, 5.74) is 2.48. The number of carbonyl (C=O) groups excluding carboxylic acids is 1. The monoisotopic (exact) mass is 465 g/mol. The van der Waals surface area contributed by atoms with Crippen LogP contribution in [0.1, 0.15) is 26.6 Å². The molecule has 0 radical (unpaired) electrons. The molecule has 0 bridgehead atoms. The highest BCUT2D eigenvalue weighted by atomic mass is 32.2. The fourth-order valence-electron chi connectivity index (χ4n) is 2.92. The molecule has 0 spiro atoms. The van der Waals surface area contributed by atoms with Gasteiger partial charge in [-0.1, -0.05) is 12.1 Å². The number of ether oxygens (including phenoxy) is 1. The van der Waals surface area contributed by atoms with Gasteiger partial charge >= 0.3 is 0 Å². The number of thioether (sulfide) groups is 1. The summed E-state index contributed by atoms with van der Waals surface area (Å²) in [6.07, 6.45) is 1.61. The predicted molar refractivity (Wildman–Crippen MR) is 125 cm³/mol. The summed E-state index contributed by atoms with van der Waals surface area (Å²) in [5, 5.41) is 6.03. The molecule has 0 aliphatic heterocycles. The van der Waals surface area contributed by atoms with Crippen LogP contribution in [0.5, 0.6) is 11.6 Å². The summed E-state index contributed by atoms with van der Waals surface area (Å²) in [4.78, 5) is 22.4. The Bertz CT molecular complexity index is 1210. The third-order valence-corrected chi connectivity index (χ3v) is 6.39. The number of nitrogens with one attached hydrogen (secondary N) is 1. The Morgan fingerprint density at radius 2 is 1.97 bits per heavy atom. The summed E-state index contributed by atoms with van der Waals surface area (Å²) in [7, 11) is 0. The molecule has 0 unspecified atom stereocenters. The van der Waals surface area contributed by atoms with Gasteiger partial charge in [0.1, 0.15) is 11.6 Å². The molecule has 0 saturated carbocycles. The molecule has 4 rings (SSSR count). The molecule has 0 fully saturated rings. The number of aromatic nitrogens is 2. The molecular weight excluding hydrogens is 445 g/mol. The third-order valence-electron chi connectivity index (χ3n) is 4.46. The summed E-state index contributed by atoms with van der Waals surface area (Å²) in [5.74, 6) is 1.09. The molecule has 162 valence electrons. The Hall–Kier alpha value is -3.23. The van der Waals surface area contributed by atoms with Crippen molar-refractivity contribution in [3.63, 3.8) is 0 Å². The molecule has 2 aromatic carbocycles. The van der Waals surface area contributed by atoms with Crippen molar-refractivity contribution in [2.24, 2.45) is 0 Å². The summed E-state index contributed by atoms with van der Waals surface area (Å²) < 4.78 is 18.7. The van der Waals surface area contributed by atoms with Gasteiger partial charge < -0.3 is 10.1 Å². The number of rotatable bonds is 8. The number of hydrogen-bond donors (Lipinski definition) is 1. The molecule has 2 aromatic heterocycles. The molecule has 5 nitrogen and oxygen atoms in total. The van der Waals surface area contributed by atoms with Gasteiger partial charge in [0.15, 0.2) is 0 Å². The van der Waals surface area contributed by atoms with Gasteiger partial charge in [0.2, 0.25) is 5.88 Å². The SMILES string of the molecule is Cc1nc(CSc2ccccc2C(=O)NCc2ccnc(Oc3ccc(F)cc3)c2)cs1. The van der Waals surface area contributed by atoms with Gasteiger partial charge in [0.05, 0.1) is 16.3 Å². The molecule has 0 atom stereocenters. The lowest BCUT2D eigenvalue weighted by Crippen LogP contribution is -2.23. The number of halogens is 1. The van der Waals surface area contributed by atoms with Crippen LogP contribution in [-0.4, -0.2) is 15.9 Å². The smallest absolute Gasteiger partial charge is 0.252 e. The number of aryl methyl sites for hydroxylation is 1. The average molecular weight is 466 g/mol. The molecule has 2 heterocycles. The van der Waals surface area contributed by atoms with E-state index in [4.69, 9.17) is 4.74 Å². The van der Waals surface area contributed by atoms with Crippen LogP contribution in [0.2, 0.25) is 0 Å². The lowest BCUT2D eigenvalue weighted by molar-refractivity contribution is 0.0948. The van der Waals surface area contributed by atoms with Crippen molar-refractivity contribution in [2.45, 2.75) is 24.1 Å². The standard InChI is InChI=1S/C24H20FN3O2S2/c1-16-28-19(14-31-16)15-32-22-5-3-2-4-21(22)24(29)27-13-17-10-11-26-23(12-17)30-20-8-6-18(25)7-9-20/h2-12,14H,13,15H2,1H3,(H,27,29). The quantitative estimate of drug-likeness (QED) is 0.323. The van der Waals surface area contributed by atoms with Crippen LogP contribution >= 0.6 is 23.1 Å². The number of hydrogen-bond acceptors (Lipinski definition) is 6. The maximum atomic E-state index is 13.1. The minimum absolute atomic E-state index is 0.152. The summed E-state index contributed by atoms with van der Waals surface area (Å²) in [6, 6.07) is 16.8. The van der Waals surface area contributed by atoms with Crippen molar-refractivity contribution < 1.29 is 13.9 Å². The van der Waals surface area contributed by atoms with Crippen molar-refractivity contribution in [3.05, 3.63) is 99.9 Å². The zero-order chi connectivity index (χ0) is 22.3. The van der Waals surface area contributed by atoms with Crippen molar-refractivity contribution in [1.29, 1.82) is 0 Å². The van der Waals surface area contributed by atoms with E-state index in [0.29, 0.717) is 29.5 Å². The van der Waals surface area contributed by atoms with Gasteiger partial charge in [0, 0.05) is 34.8 Å². The Morgan fingerprint density at radius 1 is 1.16 bits per heavy atom. The van der Waals surface area contributed by atoms with Crippen LogP contribution in [0.3, 0.4) is 0 Å². The maximum Gasteiger partial charge on any atom is 0.252 e. The van der Waals surface area contributed by atoms with Crippen molar-refractivity contribution in [2.75, 3.05) is 0 Å². The first-order valence-electron chi connectivity index (χ1n) is 9.86. The molecule has 1 amide bonds. The molecule has 0 aliphatic carbocycles. The van der Waals surface area contributed by atoms with Gasteiger partial charge in [-0.15, -0.1) is 23.1 Å². The van der Waals surface area contributed by atoms with Crippen molar-refractivity contribution in [1.82, 2.24) is 15.3 Å². The molecule has 1 N–H and O–H groups in total. The fraction of sp³-hybridized carbons (Fsp3) is 0.125. The molecule has 32 heavy (non-hydrogen) atoms. The molecule has 0 aliphatic rings. The highest BCUT2D eigenvalue weighted by Crippen LogP contribution is 2.27. The summed E-state index contributed by atoms with van der Waals surface area (Å²) >= 11 is 3.22. The largest absolute Gasteiger partial charge is 0.439 e. The Kier molecular flexibility index (Phi) is 7.14. The lowest BCUT2D eigenvalue weighted by Gasteiger charge is -2.10. The van der Waals surface area contributed by atoms with E-state index in [-0.39, 0.29) is 11.7 Å². The molecule has 8 heteroatoms. The Morgan fingerprint density at radius 3 is 2.75 bits per heavy atom. The first kappa shape index (κ1) is 22.0. The number of nitrogens with zero attached hydrogens (tertiary/aromatic N) is 2. The second-order valence-corrected chi connectivity index (χ2v) is 8.96. The van der Waals surface area contributed by atoms with E-state index in [1.807, 2.05) is 42.6 Å². The van der Waals surface area contributed by atoms with E-state index in [9.17, 15) is 9.18 Å². The van der Waals surface area contributed by atoms with E-state index < -0.39 is 0 Å². The van der Waals surface area contributed by atoms with Crippen LogP contribution < -0.4 is 10.1 Å². The number of carbonyl (C=O) groups is 1. The van der Waals surface area contributed by atoms with Crippen LogP contribution in [0, 0.1) is 12.7 Å². The second-order valence-electron chi connectivity index (χ2n) is 6.88. The molecule has 0 saturated heterocycles. The topological polar surface area (TPSA) is 64.1 Å².